The standard InChI is InChI=1S/C20H27FN4O2/c21-18-3-1-15(2-4-18)20-17(12-23-24-20)11-22-13-19(16-5-8-27-14-16)25-6-9-26-10-7-25/h1-4,12,16,19,22H,5-11,13-14H2,(H,23,24)/t16-,19-/m1/s1. The third-order valence-corrected chi connectivity index (χ3v) is 5.54. The van der Waals surface area contributed by atoms with Gasteiger partial charge in [0.05, 0.1) is 31.7 Å². The van der Waals surface area contributed by atoms with Gasteiger partial charge in [0, 0.05) is 55.9 Å². The van der Waals surface area contributed by atoms with E-state index in [1.54, 1.807) is 12.1 Å². The lowest BCUT2D eigenvalue weighted by Crippen LogP contribution is -2.51. The van der Waals surface area contributed by atoms with Crippen molar-refractivity contribution in [2.45, 2.75) is 19.0 Å². The van der Waals surface area contributed by atoms with Crippen LogP contribution < -0.4 is 5.32 Å². The maximum absolute atomic E-state index is 13.2. The lowest BCUT2D eigenvalue weighted by Gasteiger charge is -2.37. The van der Waals surface area contributed by atoms with Gasteiger partial charge in [-0.1, -0.05) is 0 Å². The molecule has 1 aromatic heterocycles. The van der Waals surface area contributed by atoms with E-state index in [-0.39, 0.29) is 5.82 Å². The predicted octanol–water partition coefficient (Wildman–Crippen LogP) is 2.04. The smallest absolute Gasteiger partial charge is 0.123 e. The van der Waals surface area contributed by atoms with Gasteiger partial charge in [-0.05, 0) is 30.7 Å². The van der Waals surface area contributed by atoms with Gasteiger partial charge >= 0.3 is 0 Å². The minimum absolute atomic E-state index is 0.231. The number of nitrogens with one attached hydrogen (secondary N) is 2. The summed E-state index contributed by atoms with van der Waals surface area (Å²) in [6, 6.07) is 6.96. The fourth-order valence-corrected chi connectivity index (χ4v) is 4.03. The van der Waals surface area contributed by atoms with E-state index in [0.717, 1.165) is 75.8 Å². The van der Waals surface area contributed by atoms with Gasteiger partial charge in [-0.2, -0.15) is 5.10 Å². The Morgan fingerprint density at radius 3 is 2.74 bits per heavy atom. The second-order valence-corrected chi connectivity index (χ2v) is 7.25. The van der Waals surface area contributed by atoms with Gasteiger partial charge in [-0.15, -0.1) is 0 Å². The van der Waals surface area contributed by atoms with Crippen molar-refractivity contribution in [2.24, 2.45) is 5.92 Å². The molecule has 3 heterocycles. The summed E-state index contributed by atoms with van der Waals surface area (Å²) in [7, 11) is 0. The molecule has 0 aliphatic carbocycles. The van der Waals surface area contributed by atoms with Crippen LogP contribution in [0.5, 0.6) is 0 Å². The highest BCUT2D eigenvalue weighted by Gasteiger charge is 2.31. The topological polar surface area (TPSA) is 62.4 Å². The van der Waals surface area contributed by atoms with Crippen molar-refractivity contribution < 1.29 is 13.9 Å². The minimum atomic E-state index is -0.231. The highest BCUT2D eigenvalue weighted by atomic mass is 19.1. The Morgan fingerprint density at radius 1 is 1.19 bits per heavy atom. The number of H-pyrrole nitrogens is 1. The first-order chi connectivity index (χ1) is 13.3. The van der Waals surface area contributed by atoms with Crippen LogP contribution in [0.4, 0.5) is 4.39 Å². The molecular weight excluding hydrogens is 347 g/mol. The van der Waals surface area contributed by atoms with E-state index >= 15 is 0 Å². The lowest BCUT2D eigenvalue weighted by molar-refractivity contribution is 0.00137. The number of benzene rings is 1. The zero-order valence-corrected chi connectivity index (χ0v) is 15.5. The van der Waals surface area contributed by atoms with E-state index in [4.69, 9.17) is 9.47 Å². The van der Waals surface area contributed by atoms with Crippen molar-refractivity contribution in [1.82, 2.24) is 20.4 Å². The Bertz CT molecular complexity index is 709. The molecule has 2 fully saturated rings. The molecule has 7 heteroatoms. The van der Waals surface area contributed by atoms with Gasteiger partial charge in [-0.3, -0.25) is 10.00 Å². The number of aromatic nitrogens is 2. The lowest BCUT2D eigenvalue weighted by atomic mass is 9.96. The van der Waals surface area contributed by atoms with Gasteiger partial charge in [-0.25, -0.2) is 4.39 Å². The SMILES string of the molecule is Fc1ccc(-c2[nH]ncc2CNC[C@H]([C@@H]2CCOC2)N2CCOCC2)cc1. The van der Waals surface area contributed by atoms with Crippen LogP contribution in [0.25, 0.3) is 11.3 Å². The number of hydrogen-bond acceptors (Lipinski definition) is 5. The largest absolute Gasteiger partial charge is 0.381 e. The highest BCUT2D eigenvalue weighted by molar-refractivity contribution is 5.62. The second kappa shape index (κ2) is 8.93. The van der Waals surface area contributed by atoms with Gasteiger partial charge < -0.3 is 14.8 Å². The maximum atomic E-state index is 13.2. The van der Waals surface area contributed by atoms with Gasteiger partial charge in [0.2, 0.25) is 0 Å². The molecular formula is C20H27FN4O2. The van der Waals surface area contributed by atoms with E-state index in [1.807, 2.05) is 6.20 Å². The molecule has 6 nitrogen and oxygen atoms in total. The first kappa shape index (κ1) is 18.6. The van der Waals surface area contributed by atoms with Crippen LogP contribution >= 0.6 is 0 Å². The van der Waals surface area contributed by atoms with Crippen LogP contribution in [0.2, 0.25) is 0 Å². The van der Waals surface area contributed by atoms with Crippen LogP contribution in [-0.4, -0.2) is 67.2 Å². The first-order valence-electron chi connectivity index (χ1n) is 9.69. The Balaban J connectivity index is 1.39. The summed E-state index contributed by atoms with van der Waals surface area (Å²) < 4.78 is 24.3. The third-order valence-electron chi connectivity index (χ3n) is 5.54. The van der Waals surface area contributed by atoms with Crippen molar-refractivity contribution in [1.29, 1.82) is 0 Å². The monoisotopic (exact) mass is 374 g/mol. The molecule has 27 heavy (non-hydrogen) atoms. The zero-order chi connectivity index (χ0) is 18.5. The fraction of sp³-hybridized carbons (Fsp3) is 0.550. The Hall–Kier alpha value is -1.80. The minimum Gasteiger partial charge on any atom is -0.381 e. The Labute approximate surface area is 159 Å². The van der Waals surface area contributed by atoms with E-state index in [1.165, 1.54) is 12.1 Å². The number of ether oxygens (including phenoxy) is 2. The number of morpholine rings is 1. The Morgan fingerprint density at radius 2 is 2.00 bits per heavy atom. The number of hydrogen-bond donors (Lipinski definition) is 2. The number of aromatic amines is 1. The van der Waals surface area contributed by atoms with E-state index < -0.39 is 0 Å². The average molecular weight is 374 g/mol. The molecule has 0 unspecified atom stereocenters. The van der Waals surface area contributed by atoms with Crippen molar-refractivity contribution >= 4 is 0 Å². The Kier molecular flexibility index (Phi) is 6.14. The van der Waals surface area contributed by atoms with E-state index in [2.05, 4.69) is 20.4 Å². The molecule has 146 valence electrons. The maximum Gasteiger partial charge on any atom is 0.123 e. The molecule has 2 N–H and O–H groups in total. The molecule has 0 spiro atoms. The van der Waals surface area contributed by atoms with Crippen molar-refractivity contribution in [3.63, 3.8) is 0 Å². The molecule has 0 amide bonds. The molecule has 0 bridgehead atoms. The molecule has 0 saturated carbocycles. The number of rotatable bonds is 7. The number of nitrogens with zero attached hydrogens (tertiary/aromatic N) is 2. The molecule has 2 aliphatic heterocycles. The van der Waals surface area contributed by atoms with Crippen LogP contribution in [0.3, 0.4) is 0 Å². The normalized spacial score (nSPS) is 22.2. The molecule has 4 rings (SSSR count). The summed E-state index contributed by atoms with van der Waals surface area (Å²) >= 11 is 0. The molecule has 0 radical (unpaired) electrons. The van der Waals surface area contributed by atoms with Crippen LogP contribution in [0.15, 0.2) is 30.5 Å². The molecule has 2 aliphatic rings. The average Bonchev–Trinajstić information content (AvgIpc) is 3.39. The van der Waals surface area contributed by atoms with Crippen molar-refractivity contribution in [3.05, 3.63) is 41.8 Å². The summed E-state index contributed by atoms with van der Waals surface area (Å²) in [6.07, 6.45) is 2.96. The summed E-state index contributed by atoms with van der Waals surface area (Å²) in [6.45, 7) is 6.91. The van der Waals surface area contributed by atoms with E-state index in [0.29, 0.717) is 12.0 Å². The summed E-state index contributed by atoms with van der Waals surface area (Å²) in [5.74, 6) is 0.335. The van der Waals surface area contributed by atoms with Crippen LogP contribution in [0.1, 0.15) is 12.0 Å². The first-order valence-corrected chi connectivity index (χ1v) is 9.69. The van der Waals surface area contributed by atoms with Crippen molar-refractivity contribution in [2.75, 3.05) is 46.1 Å². The molecule has 2 saturated heterocycles. The van der Waals surface area contributed by atoms with Crippen LogP contribution in [-0.2, 0) is 16.0 Å². The zero-order valence-electron chi connectivity index (χ0n) is 15.5. The second-order valence-electron chi connectivity index (χ2n) is 7.25. The van der Waals surface area contributed by atoms with E-state index in [9.17, 15) is 4.39 Å². The van der Waals surface area contributed by atoms with Gasteiger partial charge in [0.25, 0.3) is 0 Å². The van der Waals surface area contributed by atoms with Crippen LogP contribution in [0, 0.1) is 11.7 Å². The number of halogens is 1. The summed E-state index contributed by atoms with van der Waals surface area (Å²) in [4.78, 5) is 2.53. The third kappa shape index (κ3) is 4.55. The fourth-order valence-electron chi connectivity index (χ4n) is 4.03. The van der Waals surface area contributed by atoms with Gasteiger partial charge in [0.15, 0.2) is 0 Å². The summed E-state index contributed by atoms with van der Waals surface area (Å²) in [5.41, 5.74) is 2.97. The summed E-state index contributed by atoms with van der Waals surface area (Å²) in [5, 5.41) is 10.8. The molecule has 2 atom stereocenters. The molecule has 2 aromatic rings. The highest BCUT2D eigenvalue weighted by Crippen LogP contribution is 2.23. The van der Waals surface area contributed by atoms with Crippen molar-refractivity contribution in [3.8, 4) is 11.3 Å². The van der Waals surface area contributed by atoms with Gasteiger partial charge in [0.1, 0.15) is 5.82 Å². The molecule has 1 aromatic carbocycles. The predicted molar refractivity (Wildman–Crippen MR) is 101 cm³/mol. The quantitative estimate of drug-likeness (QED) is 0.777.